The number of phosphoric ester groups is 1. The number of nitrogens with one attached hydrogen (secondary N) is 1. The Morgan fingerprint density at radius 3 is 2.52 bits per heavy atom. The van der Waals surface area contributed by atoms with Gasteiger partial charge in [-0.3, -0.25) is 13.9 Å². The van der Waals surface area contributed by atoms with E-state index in [1.807, 2.05) is 0 Å². The van der Waals surface area contributed by atoms with Crippen molar-refractivity contribution in [2.45, 2.75) is 37.5 Å². The van der Waals surface area contributed by atoms with E-state index in [1.165, 1.54) is 24.1 Å². The van der Waals surface area contributed by atoms with Gasteiger partial charge in [-0.15, -0.1) is 0 Å². The second-order valence-corrected chi connectivity index (χ2v) is 8.29. The molecule has 0 unspecified atom stereocenters. The van der Waals surface area contributed by atoms with Crippen molar-refractivity contribution in [1.82, 2.24) is 24.8 Å². The van der Waals surface area contributed by atoms with E-state index < -0.39 is 51.0 Å². The molecule has 3 heterocycles. The number of nitrogen functional groups attached to an aromatic ring is 1. The van der Waals surface area contributed by atoms with Crippen molar-refractivity contribution in [3.8, 4) is 0 Å². The zero-order chi connectivity index (χ0) is 24.9. The van der Waals surface area contributed by atoms with Gasteiger partial charge < -0.3 is 40.9 Å². The first-order valence-corrected chi connectivity index (χ1v) is 11.3. The fourth-order valence-corrected chi connectivity index (χ4v) is 3.34. The maximum atomic E-state index is 10.7. The lowest BCUT2D eigenvalue weighted by atomic mass is 10.1. The molecule has 0 bridgehead atoms. The average molecular weight is 510 g/mol. The summed E-state index contributed by atoms with van der Waals surface area (Å²) in [5.41, 5.74) is 6.25. The van der Waals surface area contributed by atoms with Crippen LogP contribution in [0.15, 0.2) is 12.7 Å². The second kappa shape index (κ2) is 11.2. The smallest absolute Gasteiger partial charge is 0.469 e. The van der Waals surface area contributed by atoms with Gasteiger partial charge in [-0.05, 0) is 0 Å². The van der Waals surface area contributed by atoms with Crippen LogP contribution in [0.1, 0.15) is 13.2 Å². The minimum Gasteiger partial charge on any atom is -0.480 e. The summed E-state index contributed by atoms with van der Waals surface area (Å²) in [5, 5.41) is 30.6. The third-order valence-corrected chi connectivity index (χ3v) is 5.11. The van der Waals surface area contributed by atoms with E-state index in [1.54, 1.807) is 0 Å². The largest absolute Gasteiger partial charge is 0.480 e. The molecule has 2 aromatic heterocycles. The molecule has 0 aromatic carbocycles. The van der Waals surface area contributed by atoms with Gasteiger partial charge in [0.1, 0.15) is 36.2 Å². The first-order chi connectivity index (χ1) is 15.4. The Morgan fingerprint density at radius 1 is 1.33 bits per heavy atom. The number of ether oxygens (including phenoxy) is 1. The van der Waals surface area contributed by atoms with Gasteiger partial charge in [-0.2, -0.15) is 12.6 Å². The number of aliphatic hydroxyl groups excluding tert-OH is 2. The normalized spacial score (nSPS) is 23.6. The van der Waals surface area contributed by atoms with Crippen LogP contribution in [0, 0.1) is 0 Å². The summed E-state index contributed by atoms with van der Waals surface area (Å²) in [6.45, 7) is 0.669. The molecule has 1 amide bonds. The van der Waals surface area contributed by atoms with Crippen molar-refractivity contribution in [1.29, 1.82) is 0 Å². The molecule has 33 heavy (non-hydrogen) atoms. The number of anilines is 1. The van der Waals surface area contributed by atoms with Crippen LogP contribution < -0.4 is 11.1 Å². The van der Waals surface area contributed by atoms with Crippen LogP contribution in [0.25, 0.3) is 11.2 Å². The molecular weight excluding hydrogens is 487 g/mol. The number of imidazole rings is 1. The first-order valence-electron chi connectivity index (χ1n) is 9.11. The molecule has 0 aliphatic carbocycles. The summed E-state index contributed by atoms with van der Waals surface area (Å²) in [7, 11) is -4.72. The molecule has 5 atom stereocenters. The highest BCUT2D eigenvalue weighted by molar-refractivity contribution is 7.80. The summed E-state index contributed by atoms with van der Waals surface area (Å²) in [6, 6.07) is -0.874. The lowest BCUT2D eigenvalue weighted by Crippen LogP contribution is -2.40. The van der Waals surface area contributed by atoms with Gasteiger partial charge in [0.05, 0.1) is 12.9 Å². The number of thiol groups is 1. The number of fused-ring (bicyclic) bond motifs is 1. The van der Waals surface area contributed by atoms with E-state index in [-0.39, 0.29) is 23.1 Å². The van der Waals surface area contributed by atoms with Gasteiger partial charge in [0.25, 0.3) is 0 Å². The van der Waals surface area contributed by atoms with Gasteiger partial charge in [0.2, 0.25) is 5.91 Å². The highest BCUT2D eigenvalue weighted by atomic mass is 32.1. The summed E-state index contributed by atoms with van der Waals surface area (Å²) < 4.78 is 21.8. The van der Waals surface area contributed by atoms with E-state index in [4.69, 9.17) is 25.4 Å². The van der Waals surface area contributed by atoms with E-state index in [9.17, 15) is 24.4 Å². The van der Waals surface area contributed by atoms with Crippen molar-refractivity contribution >= 4 is 49.3 Å². The van der Waals surface area contributed by atoms with Gasteiger partial charge in [0.15, 0.2) is 17.7 Å². The molecule has 1 saturated heterocycles. The van der Waals surface area contributed by atoms with E-state index in [0.29, 0.717) is 5.52 Å². The minimum atomic E-state index is -4.72. The van der Waals surface area contributed by atoms with Crippen molar-refractivity contribution in [2.75, 3.05) is 18.1 Å². The van der Waals surface area contributed by atoms with E-state index >= 15 is 0 Å². The monoisotopic (exact) mass is 510 g/mol. The molecule has 1 aliphatic rings. The molecule has 2 aromatic rings. The number of aliphatic hydroxyl groups is 2. The Balaban J connectivity index is 0.000000328. The molecule has 1 aliphatic heterocycles. The Kier molecular flexibility index (Phi) is 9.10. The number of amides is 1. The van der Waals surface area contributed by atoms with Crippen LogP contribution in [-0.4, -0.2) is 93.2 Å². The SMILES string of the molecule is CC(=O)N[C@@H](CS)C(=O)O.Nc1ncnc2c1ncn2[C@@H]1O[C@H](COP(=O)(O)O)[C@@H](O)[C@H]1O. The number of phosphoric acid groups is 1. The molecule has 8 N–H and O–H groups in total. The zero-order valence-electron chi connectivity index (χ0n) is 17.0. The fourth-order valence-electron chi connectivity index (χ4n) is 2.75. The number of nitrogens with two attached hydrogens (primary N) is 1. The molecule has 3 rings (SSSR count). The van der Waals surface area contributed by atoms with Crippen LogP contribution >= 0.6 is 20.5 Å². The summed E-state index contributed by atoms with van der Waals surface area (Å²) in [6.07, 6.45) is -2.49. The van der Waals surface area contributed by atoms with Crippen molar-refractivity contribution in [2.24, 2.45) is 0 Å². The predicted molar refractivity (Wildman–Crippen MR) is 113 cm³/mol. The Labute approximate surface area is 191 Å². The molecule has 0 radical (unpaired) electrons. The zero-order valence-corrected chi connectivity index (χ0v) is 18.8. The van der Waals surface area contributed by atoms with Crippen LogP contribution in [0.2, 0.25) is 0 Å². The number of hydrogen-bond donors (Lipinski definition) is 8. The highest BCUT2D eigenvalue weighted by Gasteiger charge is 2.45. The minimum absolute atomic E-state index is 0.106. The summed E-state index contributed by atoms with van der Waals surface area (Å²) in [5.74, 6) is -1.18. The number of hydrogen-bond acceptors (Lipinski definition) is 12. The molecule has 18 heteroatoms. The quantitative estimate of drug-likeness (QED) is 0.143. The number of nitrogens with zero attached hydrogens (tertiary/aromatic N) is 4. The summed E-state index contributed by atoms with van der Waals surface area (Å²) >= 11 is 3.73. The molecule has 16 nitrogen and oxygen atoms in total. The maximum Gasteiger partial charge on any atom is 0.469 e. The lowest BCUT2D eigenvalue weighted by molar-refractivity contribution is -0.140. The average Bonchev–Trinajstić information content (AvgIpc) is 3.27. The van der Waals surface area contributed by atoms with Gasteiger partial charge in [-0.25, -0.2) is 24.3 Å². The maximum absolute atomic E-state index is 10.7. The molecule has 184 valence electrons. The number of carbonyl (C=O) groups is 2. The van der Waals surface area contributed by atoms with Gasteiger partial charge >= 0.3 is 13.8 Å². The molecule has 0 saturated carbocycles. The molecular formula is C15H23N6O10PS. The molecule has 0 spiro atoms. The third kappa shape index (κ3) is 7.05. The second-order valence-electron chi connectivity index (χ2n) is 6.69. The summed E-state index contributed by atoms with van der Waals surface area (Å²) in [4.78, 5) is 49.7. The number of aromatic nitrogens is 4. The van der Waals surface area contributed by atoms with Crippen molar-refractivity contribution in [3.05, 3.63) is 12.7 Å². The Morgan fingerprint density at radius 2 is 2.00 bits per heavy atom. The third-order valence-electron chi connectivity index (χ3n) is 4.26. The number of carboxylic acid groups (broad SMARTS) is 1. The van der Waals surface area contributed by atoms with Gasteiger partial charge in [-0.1, -0.05) is 0 Å². The molecule has 1 fully saturated rings. The standard InChI is InChI=1S/C10H14N5O7P.C5H9NO3S/c11-8-5-9(13-2-12-8)15(3-14-5)10-7(17)6(16)4(22-10)1-21-23(18,19)20;1-3(7)6-4(2-10)5(8)9/h2-4,6-7,10,16-17H,1H2,(H2,11,12,13)(H2,18,19,20);4,10H,2H2,1H3,(H,6,7)(H,8,9)/t4-,6-,7-,10-;4-/m10/s1. The first kappa shape index (κ1) is 26.9. The fraction of sp³-hybridized carbons (Fsp3) is 0.533. The predicted octanol–water partition coefficient (Wildman–Crippen LogP) is -2.36. The van der Waals surface area contributed by atoms with Crippen LogP contribution in [-0.2, 0) is 23.4 Å². The topological polar surface area (TPSA) is 252 Å². The number of rotatable bonds is 7. The Hall–Kier alpha value is -2.37. The van der Waals surface area contributed by atoms with Crippen molar-refractivity contribution in [3.63, 3.8) is 0 Å². The van der Waals surface area contributed by atoms with E-state index in [2.05, 4.69) is 37.4 Å². The number of aliphatic carboxylic acids is 1. The number of carbonyl (C=O) groups excluding carboxylic acids is 1. The highest BCUT2D eigenvalue weighted by Crippen LogP contribution is 2.38. The van der Waals surface area contributed by atoms with Gasteiger partial charge in [0, 0.05) is 12.7 Å². The van der Waals surface area contributed by atoms with Crippen molar-refractivity contribution < 1.29 is 48.5 Å². The van der Waals surface area contributed by atoms with Crippen LogP contribution in [0.4, 0.5) is 5.82 Å². The number of carboxylic acids is 1. The van der Waals surface area contributed by atoms with E-state index in [0.717, 1.165) is 0 Å². The Bertz CT molecular complexity index is 1030. The van der Waals surface area contributed by atoms with Crippen LogP contribution in [0.5, 0.6) is 0 Å². The van der Waals surface area contributed by atoms with Crippen LogP contribution in [0.3, 0.4) is 0 Å². The lowest BCUT2D eigenvalue weighted by Gasteiger charge is -2.16.